The summed E-state index contributed by atoms with van der Waals surface area (Å²) >= 11 is 0. The first kappa shape index (κ1) is 23.0. The second-order valence-electron chi connectivity index (χ2n) is 9.37. The van der Waals surface area contributed by atoms with Gasteiger partial charge < -0.3 is 24.7 Å². The van der Waals surface area contributed by atoms with Crippen molar-refractivity contribution in [2.45, 2.75) is 50.7 Å². The quantitative estimate of drug-likeness (QED) is 0.407. The number of benzene rings is 1. The number of β-amino-alcohol motifs (C(OH)–C–C–N with tert-alkyl or cyclic N) is 1. The molecule has 180 valence electrons. The molecule has 2 fully saturated rings. The summed E-state index contributed by atoms with van der Waals surface area (Å²) in [5, 5.41) is 19.9. The molecule has 4 heterocycles. The predicted molar refractivity (Wildman–Crippen MR) is 133 cm³/mol. The van der Waals surface area contributed by atoms with Crippen molar-refractivity contribution in [1.29, 1.82) is 0 Å². The zero-order valence-electron chi connectivity index (χ0n) is 19.0. The molecule has 1 aliphatic heterocycles. The molecule has 3 N–H and O–H groups in total. The Bertz CT molecular complexity index is 1280. The van der Waals surface area contributed by atoms with Gasteiger partial charge in [-0.25, -0.2) is 15.0 Å². The highest BCUT2D eigenvalue weighted by atomic mass is 35.5. The van der Waals surface area contributed by atoms with Crippen molar-refractivity contribution in [3.05, 3.63) is 30.9 Å². The highest BCUT2D eigenvalue weighted by Crippen LogP contribution is 2.33. The number of anilines is 1. The Labute approximate surface area is 203 Å². The molecule has 0 unspecified atom stereocenters. The normalized spacial score (nSPS) is 21.8. The molecule has 4 aromatic rings. The van der Waals surface area contributed by atoms with Crippen molar-refractivity contribution < 1.29 is 10.2 Å². The molecule has 9 nitrogen and oxygen atoms in total. The van der Waals surface area contributed by atoms with E-state index in [1.54, 1.807) is 6.33 Å². The molecule has 1 aromatic carbocycles. The van der Waals surface area contributed by atoms with Gasteiger partial charge in [0.05, 0.1) is 29.8 Å². The molecule has 2 atom stereocenters. The maximum Gasteiger partial charge on any atom is 0.228 e. The van der Waals surface area contributed by atoms with Crippen molar-refractivity contribution in [2.24, 2.45) is 5.92 Å². The number of fused-ring (bicyclic) bond motifs is 2. The third kappa shape index (κ3) is 4.01. The lowest BCUT2D eigenvalue weighted by atomic mass is 9.95. The fourth-order valence-electron chi connectivity index (χ4n) is 5.38. The van der Waals surface area contributed by atoms with E-state index in [1.807, 2.05) is 11.2 Å². The van der Waals surface area contributed by atoms with Gasteiger partial charge in [-0.3, -0.25) is 0 Å². The van der Waals surface area contributed by atoms with Crippen molar-refractivity contribution in [3.63, 3.8) is 0 Å². The van der Waals surface area contributed by atoms with Gasteiger partial charge in [0.15, 0.2) is 5.65 Å². The molecular formula is C24H30ClN7O2. The molecule has 34 heavy (non-hydrogen) atoms. The highest BCUT2D eigenvalue weighted by molar-refractivity contribution is 5.91. The van der Waals surface area contributed by atoms with Crippen LogP contribution in [0.15, 0.2) is 30.9 Å². The molecule has 0 radical (unpaired) electrons. The van der Waals surface area contributed by atoms with Crippen molar-refractivity contribution in [3.8, 4) is 11.3 Å². The SMILES string of the molecule is Cl.OC[C@H]1CCN(c2nc(-c3ccc4c(c3)ncn4C3CCCCC3)c3[nH]cnc3n2)C[C@@H]1O. The number of aliphatic hydroxyl groups is 2. The number of nitrogens with one attached hydrogen (secondary N) is 1. The summed E-state index contributed by atoms with van der Waals surface area (Å²) in [4.78, 5) is 23.8. The first-order valence-corrected chi connectivity index (χ1v) is 11.9. The minimum absolute atomic E-state index is 0. The molecule has 0 spiro atoms. The summed E-state index contributed by atoms with van der Waals surface area (Å²) in [5.41, 5.74) is 5.25. The predicted octanol–water partition coefficient (Wildman–Crippen LogP) is 3.48. The van der Waals surface area contributed by atoms with Crippen LogP contribution in [0.3, 0.4) is 0 Å². The smallest absolute Gasteiger partial charge is 0.228 e. The monoisotopic (exact) mass is 483 g/mol. The van der Waals surface area contributed by atoms with Gasteiger partial charge in [0.25, 0.3) is 0 Å². The molecular weight excluding hydrogens is 454 g/mol. The highest BCUT2D eigenvalue weighted by Gasteiger charge is 2.29. The number of imidazole rings is 2. The van der Waals surface area contributed by atoms with Gasteiger partial charge in [-0.05, 0) is 31.4 Å². The van der Waals surface area contributed by atoms with Crippen LogP contribution in [-0.4, -0.2) is 65.5 Å². The van der Waals surface area contributed by atoms with Crippen LogP contribution in [-0.2, 0) is 0 Å². The van der Waals surface area contributed by atoms with Gasteiger partial charge in [-0.1, -0.05) is 25.3 Å². The first-order valence-electron chi connectivity index (χ1n) is 11.9. The lowest BCUT2D eigenvalue weighted by Gasteiger charge is -2.35. The number of aliphatic hydroxyl groups excluding tert-OH is 2. The number of nitrogens with zero attached hydrogens (tertiary/aromatic N) is 6. The fourth-order valence-corrected chi connectivity index (χ4v) is 5.38. The van der Waals surface area contributed by atoms with Gasteiger partial charge >= 0.3 is 0 Å². The summed E-state index contributed by atoms with van der Waals surface area (Å²) in [7, 11) is 0. The molecule has 6 rings (SSSR count). The van der Waals surface area contributed by atoms with E-state index in [0.29, 0.717) is 37.1 Å². The Kier molecular flexibility index (Phi) is 6.42. The Hall–Kier alpha value is -2.75. The first-order chi connectivity index (χ1) is 16.2. The standard InChI is InChI=1S/C24H29N7O2.ClH/c32-12-16-8-9-30(11-20(16)33)24-28-21(22-23(29-24)26-13-25-22)15-6-7-19-18(10-15)27-14-31(19)17-4-2-1-3-5-17;/h6-7,10,13-14,16-17,20,32-33H,1-5,8-9,11-12H2,(H,25,26,28,29);1H/t16-,20+;/m1./s1. The number of piperidine rings is 1. The third-order valence-electron chi connectivity index (χ3n) is 7.33. The zero-order valence-corrected chi connectivity index (χ0v) is 19.8. The number of rotatable bonds is 4. The Balaban J connectivity index is 0.00000241. The van der Waals surface area contributed by atoms with Crippen LogP contribution >= 0.6 is 12.4 Å². The Morgan fingerprint density at radius 3 is 2.71 bits per heavy atom. The van der Waals surface area contributed by atoms with E-state index in [2.05, 4.69) is 37.7 Å². The minimum Gasteiger partial charge on any atom is -0.396 e. The average molecular weight is 484 g/mol. The number of H-pyrrole nitrogens is 1. The topological polar surface area (TPSA) is 116 Å². The molecule has 10 heteroatoms. The second-order valence-corrected chi connectivity index (χ2v) is 9.37. The Morgan fingerprint density at radius 1 is 1.06 bits per heavy atom. The Morgan fingerprint density at radius 2 is 1.91 bits per heavy atom. The van der Waals surface area contributed by atoms with E-state index in [1.165, 1.54) is 32.1 Å². The van der Waals surface area contributed by atoms with E-state index in [4.69, 9.17) is 9.97 Å². The van der Waals surface area contributed by atoms with E-state index < -0.39 is 6.10 Å². The van der Waals surface area contributed by atoms with Gasteiger partial charge in [-0.15, -0.1) is 12.4 Å². The summed E-state index contributed by atoms with van der Waals surface area (Å²) in [6.45, 7) is 1.07. The van der Waals surface area contributed by atoms with Crippen LogP contribution in [0, 0.1) is 5.92 Å². The van der Waals surface area contributed by atoms with E-state index in [9.17, 15) is 10.2 Å². The van der Waals surface area contributed by atoms with Gasteiger partial charge in [0.2, 0.25) is 5.95 Å². The van der Waals surface area contributed by atoms with Gasteiger partial charge in [0, 0.05) is 37.2 Å². The summed E-state index contributed by atoms with van der Waals surface area (Å²) in [6.07, 6.45) is 10.0. The van der Waals surface area contributed by atoms with Crippen molar-refractivity contribution >= 4 is 40.6 Å². The number of hydrogen-bond acceptors (Lipinski definition) is 7. The summed E-state index contributed by atoms with van der Waals surface area (Å²) in [6, 6.07) is 6.87. The summed E-state index contributed by atoms with van der Waals surface area (Å²) < 4.78 is 2.34. The van der Waals surface area contributed by atoms with E-state index in [-0.39, 0.29) is 24.9 Å². The summed E-state index contributed by atoms with van der Waals surface area (Å²) in [5.74, 6) is 0.449. The second kappa shape index (κ2) is 9.48. The average Bonchev–Trinajstić information content (AvgIpc) is 3.50. The van der Waals surface area contributed by atoms with Crippen LogP contribution in [0.2, 0.25) is 0 Å². The van der Waals surface area contributed by atoms with Crippen LogP contribution in [0.4, 0.5) is 5.95 Å². The lowest BCUT2D eigenvalue weighted by molar-refractivity contribution is 0.0544. The lowest BCUT2D eigenvalue weighted by Crippen LogP contribution is -2.45. The van der Waals surface area contributed by atoms with E-state index >= 15 is 0 Å². The van der Waals surface area contributed by atoms with Crippen molar-refractivity contribution in [2.75, 3.05) is 24.6 Å². The third-order valence-corrected chi connectivity index (χ3v) is 7.33. The molecule has 3 aromatic heterocycles. The van der Waals surface area contributed by atoms with Gasteiger partial charge in [-0.2, -0.15) is 4.98 Å². The maximum atomic E-state index is 10.4. The van der Waals surface area contributed by atoms with Crippen LogP contribution < -0.4 is 4.90 Å². The van der Waals surface area contributed by atoms with Crippen LogP contribution in [0.5, 0.6) is 0 Å². The number of hydrogen-bond donors (Lipinski definition) is 3. The molecule has 1 saturated carbocycles. The van der Waals surface area contributed by atoms with Crippen molar-refractivity contribution in [1.82, 2.24) is 29.5 Å². The fraction of sp³-hybridized carbons (Fsp3) is 0.500. The number of aromatic nitrogens is 6. The van der Waals surface area contributed by atoms with Crippen LogP contribution in [0.1, 0.15) is 44.6 Å². The molecule has 2 aliphatic rings. The molecule has 1 aliphatic carbocycles. The largest absolute Gasteiger partial charge is 0.396 e. The van der Waals surface area contributed by atoms with Crippen LogP contribution in [0.25, 0.3) is 33.5 Å². The zero-order chi connectivity index (χ0) is 22.4. The maximum absolute atomic E-state index is 10.4. The molecule has 0 bridgehead atoms. The molecule has 0 amide bonds. The van der Waals surface area contributed by atoms with Gasteiger partial charge in [0.1, 0.15) is 11.2 Å². The number of aromatic amines is 1. The van der Waals surface area contributed by atoms with E-state index in [0.717, 1.165) is 27.8 Å². The molecule has 1 saturated heterocycles. The minimum atomic E-state index is -0.606. The number of halogens is 1.